The summed E-state index contributed by atoms with van der Waals surface area (Å²) >= 11 is 5.95. The van der Waals surface area contributed by atoms with Gasteiger partial charge in [0.05, 0.1) is 15.6 Å². The minimum absolute atomic E-state index is 0.00813. The van der Waals surface area contributed by atoms with Crippen LogP contribution in [-0.2, 0) is 0 Å². The maximum absolute atomic E-state index is 12.2. The van der Waals surface area contributed by atoms with E-state index in [0.717, 1.165) is 12.8 Å². The summed E-state index contributed by atoms with van der Waals surface area (Å²) in [6, 6.07) is 3.55. The number of non-ortho nitro benzene ring substituents is 1. The van der Waals surface area contributed by atoms with Gasteiger partial charge in [0.25, 0.3) is 5.69 Å². The van der Waals surface area contributed by atoms with Gasteiger partial charge in [-0.15, -0.1) is 0 Å². The molecule has 1 aromatic rings. The zero-order valence-corrected chi connectivity index (χ0v) is 13.2. The molecule has 0 heterocycles. The Balaban J connectivity index is 2.77. The molecule has 0 bridgehead atoms. The Morgan fingerprint density at radius 2 is 2.09 bits per heavy atom. The van der Waals surface area contributed by atoms with Crippen molar-refractivity contribution < 1.29 is 14.8 Å². The van der Waals surface area contributed by atoms with Crippen LogP contribution in [0.15, 0.2) is 18.2 Å². The Labute approximate surface area is 134 Å². The molecule has 0 aromatic heterocycles. The van der Waals surface area contributed by atoms with Crippen molar-refractivity contribution in [1.29, 1.82) is 0 Å². The standard InChI is InChI=1S/C14H20ClN3O4/c1-2-3-7-17(8-4-9-19)14(20)16-13-6-5-11(18(21)22)10-12(13)15/h5-6,10,19H,2-4,7-9H2,1H3,(H,16,20). The van der Waals surface area contributed by atoms with Gasteiger partial charge in [-0.3, -0.25) is 10.1 Å². The number of amides is 2. The van der Waals surface area contributed by atoms with E-state index in [9.17, 15) is 14.9 Å². The summed E-state index contributed by atoms with van der Waals surface area (Å²) in [7, 11) is 0. The highest BCUT2D eigenvalue weighted by Crippen LogP contribution is 2.26. The number of nitrogens with one attached hydrogen (secondary N) is 1. The minimum atomic E-state index is -0.549. The number of benzene rings is 1. The summed E-state index contributed by atoms with van der Waals surface area (Å²) in [4.78, 5) is 23.9. The Kier molecular flexibility index (Phi) is 7.62. The number of hydrogen-bond donors (Lipinski definition) is 2. The Hall–Kier alpha value is -1.86. The summed E-state index contributed by atoms with van der Waals surface area (Å²) in [6.45, 7) is 3.05. The number of hydrogen-bond acceptors (Lipinski definition) is 4. The Morgan fingerprint density at radius 1 is 1.41 bits per heavy atom. The van der Waals surface area contributed by atoms with Crippen LogP contribution < -0.4 is 5.32 Å². The lowest BCUT2D eigenvalue weighted by Gasteiger charge is -2.23. The van der Waals surface area contributed by atoms with Crippen molar-refractivity contribution in [3.05, 3.63) is 33.3 Å². The number of urea groups is 1. The van der Waals surface area contributed by atoms with Crippen LogP contribution in [0.4, 0.5) is 16.2 Å². The highest BCUT2D eigenvalue weighted by Gasteiger charge is 2.16. The average Bonchev–Trinajstić information content (AvgIpc) is 2.49. The SMILES string of the molecule is CCCCN(CCCO)C(=O)Nc1ccc([N+](=O)[O-])cc1Cl. The first-order valence-corrected chi connectivity index (χ1v) is 7.48. The molecular weight excluding hydrogens is 310 g/mol. The van der Waals surface area contributed by atoms with Gasteiger partial charge in [-0.1, -0.05) is 24.9 Å². The van der Waals surface area contributed by atoms with Crippen LogP contribution in [0.25, 0.3) is 0 Å². The number of nitrogens with zero attached hydrogens (tertiary/aromatic N) is 2. The number of anilines is 1. The van der Waals surface area contributed by atoms with Crippen molar-refractivity contribution in [2.75, 3.05) is 25.0 Å². The van der Waals surface area contributed by atoms with Gasteiger partial charge >= 0.3 is 6.03 Å². The molecule has 1 aromatic carbocycles. The highest BCUT2D eigenvalue weighted by molar-refractivity contribution is 6.33. The molecule has 0 aliphatic carbocycles. The van der Waals surface area contributed by atoms with Crippen LogP contribution >= 0.6 is 11.6 Å². The van der Waals surface area contributed by atoms with Crippen molar-refractivity contribution in [2.24, 2.45) is 0 Å². The lowest BCUT2D eigenvalue weighted by molar-refractivity contribution is -0.384. The summed E-state index contributed by atoms with van der Waals surface area (Å²) < 4.78 is 0. The molecule has 0 fully saturated rings. The van der Waals surface area contributed by atoms with E-state index in [1.165, 1.54) is 18.2 Å². The van der Waals surface area contributed by atoms with Gasteiger partial charge in [-0.05, 0) is 18.9 Å². The van der Waals surface area contributed by atoms with Crippen molar-refractivity contribution in [3.8, 4) is 0 Å². The normalized spacial score (nSPS) is 10.3. The number of carbonyl (C=O) groups is 1. The lowest BCUT2D eigenvalue weighted by atomic mass is 10.2. The summed E-state index contributed by atoms with van der Waals surface area (Å²) in [5.41, 5.74) is 0.189. The smallest absolute Gasteiger partial charge is 0.321 e. The first-order chi connectivity index (χ1) is 10.5. The van der Waals surface area contributed by atoms with Gasteiger partial charge in [-0.2, -0.15) is 0 Å². The van der Waals surface area contributed by atoms with E-state index in [-0.39, 0.29) is 23.3 Å². The number of aliphatic hydroxyl groups is 1. The fraction of sp³-hybridized carbons (Fsp3) is 0.500. The second-order valence-electron chi connectivity index (χ2n) is 4.77. The van der Waals surface area contributed by atoms with Gasteiger partial charge in [0, 0.05) is 31.8 Å². The van der Waals surface area contributed by atoms with Crippen molar-refractivity contribution in [3.63, 3.8) is 0 Å². The van der Waals surface area contributed by atoms with E-state index in [0.29, 0.717) is 25.2 Å². The van der Waals surface area contributed by atoms with Crippen molar-refractivity contribution >= 4 is 29.0 Å². The topological polar surface area (TPSA) is 95.7 Å². The molecule has 0 unspecified atom stereocenters. The number of unbranched alkanes of at least 4 members (excludes halogenated alkanes) is 1. The Morgan fingerprint density at radius 3 is 2.64 bits per heavy atom. The van der Waals surface area contributed by atoms with Gasteiger partial charge in [0.2, 0.25) is 0 Å². The molecule has 0 radical (unpaired) electrons. The molecule has 0 saturated carbocycles. The minimum Gasteiger partial charge on any atom is -0.396 e. The van der Waals surface area contributed by atoms with Gasteiger partial charge < -0.3 is 15.3 Å². The molecular formula is C14H20ClN3O4. The van der Waals surface area contributed by atoms with E-state index in [1.807, 2.05) is 6.92 Å². The average molecular weight is 330 g/mol. The number of halogens is 1. The number of nitro benzene ring substituents is 1. The maximum atomic E-state index is 12.2. The van der Waals surface area contributed by atoms with Gasteiger partial charge in [0.1, 0.15) is 0 Å². The van der Waals surface area contributed by atoms with Crippen LogP contribution in [0.5, 0.6) is 0 Å². The third-order valence-electron chi connectivity index (χ3n) is 3.06. The van der Waals surface area contributed by atoms with Crippen molar-refractivity contribution in [2.45, 2.75) is 26.2 Å². The van der Waals surface area contributed by atoms with Crippen LogP contribution in [0.2, 0.25) is 5.02 Å². The third-order valence-corrected chi connectivity index (χ3v) is 3.37. The zero-order chi connectivity index (χ0) is 16.5. The summed E-state index contributed by atoms with van der Waals surface area (Å²) in [5, 5.41) is 22.3. The predicted octanol–water partition coefficient (Wildman–Crippen LogP) is 3.26. The predicted molar refractivity (Wildman–Crippen MR) is 85.3 cm³/mol. The molecule has 0 aliphatic rings. The summed E-state index contributed by atoms with van der Waals surface area (Å²) in [5.74, 6) is 0. The van der Waals surface area contributed by atoms with Crippen LogP contribution in [0, 0.1) is 10.1 Å². The first kappa shape index (κ1) is 18.2. The monoisotopic (exact) mass is 329 g/mol. The quantitative estimate of drug-likeness (QED) is 0.565. The second-order valence-corrected chi connectivity index (χ2v) is 5.18. The van der Waals surface area contributed by atoms with E-state index in [4.69, 9.17) is 16.7 Å². The highest BCUT2D eigenvalue weighted by atomic mass is 35.5. The maximum Gasteiger partial charge on any atom is 0.321 e. The molecule has 1 rings (SSSR count). The van der Waals surface area contributed by atoms with Gasteiger partial charge in [0.15, 0.2) is 0 Å². The molecule has 0 aliphatic heterocycles. The number of nitro groups is 1. The molecule has 122 valence electrons. The third kappa shape index (κ3) is 5.50. The van der Waals surface area contributed by atoms with Gasteiger partial charge in [-0.25, -0.2) is 4.79 Å². The fourth-order valence-electron chi connectivity index (χ4n) is 1.84. The molecule has 22 heavy (non-hydrogen) atoms. The molecule has 0 saturated heterocycles. The number of rotatable bonds is 8. The summed E-state index contributed by atoms with van der Waals surface area (Å²) in [6.07, 6.45) is 2.29. The van der Waals surface area contributed by atoms with Crippen LogP contribution in [0.1, 0.15) is 26.2 Å². The zero-order valence-electron chi connectivity index (χ0n) is 12.4. The molecule has 7 nitrogen and oxygen atoms in total. The lowest BCUT2D eigenvalue weighted by Crippen LogP contribution is -2.36. The fourth-order valence-corrected chi connectivity index (χ4v) is 2.06. The molecule has 0 spiro atoms. The molecule has 2 amide bonds. The molecule has 8 heteroatoms. The van der Waals surface area contributed by atoms with Crippen molar-refractivity contribution in [1.82, 2.24) is 4.90 Å². The van der Waals surface area contributed by atoms with Crippen LogP contribution in [-0.4, -0.2) is 40.7 Å². The first-order valence-electron chi connectivity index (χ1n) is 7.10. The van der Waals surface area contributed by atoms with E-state index >= 15 is 0 Å². The van der Waals surface area contributed by atoms with E-state index in [2.05, 4.69) is 5.32 Å². The van der Waals surface area contributed by atoms with Crippen LogP contribution in [0.3, 0.4) is 0 Å². The Bertz CT molecular complexity index is 517. The number of aliphatic hydroxyl groups excluding tert-OH is 1. The molecule has 0 atom stereocenters. The molecule has 2 N–H and O–H groups in total. The van der Waals surface area contributed by atoms with E-state index < -0.39 is 4.92 Å². The number of carbonyl (C=O) groups excluding carboxylic acids is 1. The van der Waals surface area contributed by atoms with E-state index in [1.54, 1.807) is 4.90 Å². The largest absolute Gasteiger partial charge is 0.396 e. The second kappa shape index (κ2) is 9.22.